The van der Waals surface area contributed by atoms with Gasteiger partial charge in [0.25, 0.3) is 0 Å². The maximum Gasteiger partial charge on any atom is 0.333 e. The summed E-state index contributed by atoms with van der Waals surface area (Å²) in [5.74, 6) is -0.452. The molecule has 0 bridgehead atoms. The largest absolute Gasteiger partial charge is 0.413 e. The summed E-state index contributed by atoms with van der Waals surface area (Å²) >= 11 is 0. The normalized spacial score (nSPS) is 13.9. The number of carbonyl (C=O) groups excluding carboxylic acids is 1. The third-order valence-electron chi connectivity index (χ3n) is 7.80. The smallest absolute Gasteiger partial charge is 0.333 e. The number of allylic oxidation sites excluding steroid dienone is 1. The number of hydrogen-bond acceptors (Lipinski definition) is 5. The van der Waals surface area contributed by atoms with Crippen molar-refractivity contribution in [3.05, 3.63) is 66.1 Å². The van der Waals surface area contributed by atoms with Crippen molar-refractivity contribution in [3.8, 4) is 11.1 Å². The van der Waals surface area contributed by atoms with Gasteiger partial charge in [-0.05, 0) is 81.7 Å². The molecule has 0 aliphatic rings. The highest BCUT2D eigenvalue weighted by atomic mass is 31.2. The summed E-state index contributed by atoms with van der Waals surface area (Å²) in [4.78, 5) is 13.6. The monoisotopic (exact) mass is 615 g/mol. The third-order valence-corrected chi connectivity index (χ3v) is 14.5. The van der Waals surface area contributed by atoms with Gasteiger partial charge >= 0.3 is 7.60 Å². The van der Waals surface area contributed by atoms with Crippen molar-refractivity contribution < 1.29 is 27.2 Å². The van der Waals surface area contributed by atoms with E-state index in [4.69, 9.17) is 13.5 Å². The molecule has 0 aliphatic carbocycles. The van der Waals surface area contributed by atoms with Crippen LogP contribution in [0, 0.1) is 5.82 Å². The van der Waals surface area contributed by atoms with Crippen LogP contribution in [0.4, 0.5) is 4.39 Å². The van der Waals surface area contributed by atoms with Crippen LogP contribution in [0.2, 0.25) is 18.1 Å². The number of halogens is 1. The number of fused-ring (bicyclic) bond motifs is 1. The Bertz CT molecular complexity index is 1430. The van der Waals surface area contributed by atoms with Gasteiger partial charge < -0.3 is 18.0 Å². The minimum absolute atomic E-state index is 0.00779. The van der Waals surface area contributed by atoms with Gasteiger partial charge in [0.1, 0.15) is 5.82 Å². The van der Waals surface area contributed by atoms with Gasteiger partial charge in [-0.1, -0.05) is 51.1 Å². The highest BCUT2D eigenvalue weighted by Crippen LogP contribution is 2.50. The first-order valence-corrected chi connectivity index (χ1v) is 19.4. The molecule has 0 fully saturated rings. The Kier molecular flexibility index (Phi) is 11.3. The fourth-order valence-electron chi connectivity index (χ4n) is 4.91. The predicted molar refractivity (Wildman–Crippen MR) is 174 cm³/mol. The van der Waals surface area contributed by atoms with E-state index < -0.39 is 22.0 Å². The van der Waals surface area contributed by atoms with Crippen LogP contribution in [0.5, 0.6) is 0 Å². The fraction of sp³-hybridized carbons (Fsp3) is 0.485. The van der Waals surface area contributed by atoms with Gasteiger partial charge in [0.15, 0.2) is 14.1 Å². The second-order valence-electron chi connectivity index (χ2n) is 12.4. The average molecular weight is 616 g/mol. The molecule has 0 spiro atoms. The Morgan fingerprint density at radius 3 is 2.17 bits per heavy atom. The summed E-state index contributed by atoms with van der Waals surface area (Å²) in [6, 6.07) is 14.6. The zero-order valence-corrected chi connectivity index (χ0v) is 28.5. The van der Waals surface area contributed by atoms with E-state index in [1.807, 2.05) is 24.3 Å². The average Bonchev–Trinajstić information content (AvgIpc) is 3.21. The molecular formula is C33H47FNO5PSi. The van der Waals surface area contributed by atoms with Gasteiger partial charge in [0, 0.05) is 28.9 Å². The van der Waals surface area contributed by atoms with Gasteiger partial charge in [0.05, 0.1) is 31.2 Å². The number of hydrogen-bond donors (Lipinski definition) is 0. The molecule has 0 amide bonds. The molecule has 2 aromatic carbocycles. The number of ketones is 1. The van der Waals surface area contributed by atoms with Crippen LogP contribution in [0.15, 0.2) is 54.6 Å². The second kappa shape index (κ2) is 14.0. The van der Waals surface area contributed by atoms with Gasteiger partial charge in [0.2, 0.25) is 0 Å². The number of benzene rings is 2. The molecule has 1 aromatic heterocycles. The maximum atomic E-state index is 13.8. The van der Waals surface area contributed by atoms with E-state index in [1.165, 1.54) is 12.1 Å². The van der Waals surface area contributed by atoms with Crippen molar-refractivity contribution in [1.29, 1.82) is 0 Å². The highest BCUT2D eigenvalue weighted by Gasteiger charge is 2.41. The zero-order chi connectivity index (χ0) is 31.3. The molecule has 0 saturated carbocycles. The van der Waals surface area contributed by atoms with Crippen LogP contribution in [0.1, 0.15) is 66.6 Å². The molecule has 0 unspecified atom stereocenters. The lowest BCUT2D eigenvalue weighted by Crippen LogP contribution is -2.45. The van der Waals surface area contributed by atoms with Gasteiger partial charge in [-0.2, -0.15) is 0 Å². The van der Waals surface area contributed by atoms with E-state index in [0.717, 1.165) is 27.7 Å². The quantitative estimate of drug-likeness (QED) is 0.103. The molecular weight excluding hydrogens is 568 g/mol. The summed E-state index contributed by atoms with van der Waals surface area (Å²) in [5, 5.41) is 0.923. The Morgan fingerprint density at radius 1 is 1.02 bits per heavy atom. The fourth-order valence-corrected chi connectivity index (χ4v) is 8.18. The van der Waals surface area contributed by atoms with Gasteiger partial charge in [-0.25, -0.2) is 4.39 Å². The minimum atomic E-state index is -3.45. The molecule has 3 rings (SSSR count). The minimum Gasteiger partial charge on any atom is -0.413 e. The summed E-state index contributed by atoms with van der Waals surface area (Å²) in [7, 11) is -5.77. The first-order chi connectivity index (χ1) is 19.6. The van der Waals surface area contributed by atoms with Crippen LogP contribution in [-0.4, -0.2) is 44.1 Å². The maximum absolute atomic E-state index is 13.8. The lowest BCUT2D eigenvalue weighted by Gasteiger charge is -2.39. The van der Waals surface area contributed by atoms with Crippen molar-refractivity contribution in [2.45, 2.75) is 85.2 Å². The number of rotatable bonds is 14. The Balaban J connectivity index is 2.03. The lowest BCUT2D eigenvalue weighted by molar-refractivity contribution is -0.115. The molecule has 3 aromatic rings. The van der Waals surface area contributed by atoms with Crippen LogP contribution in [0.25, 0.3) is 28.1 Å². The van der Waals surface area contributed by atoms with E-state index in [1.54, 1.807) is 32.1 Å². The van der Waals surface area contributed by atoms with Crippen LogP contribution in [-0.2, 0) is 22.8 Å². The number of carbonyl (C=O) groups is 1. The summed E-state index contributed by atoms with van der Waals surface area (Å²) < 4.78 is 47.3. The predicted octanol–water partition coefficient (Wildman–Crippen LogP) is 9.66. The molecule has 1 heterocycles. The number of aromatic nitrogens is 1. The summed E-state index contributed by atoms with van der Waals surface area (Å²) in [5.41, 5.74) is 3.71. The zero-order valence-electron chi connectivity index (χ0n) is 26.6. The van der Waals surface area contributed by atoms with Crippen molar-refractivity contribution in [2.24, 2.45) is 0 Å². The van der Waals surface area contributed by atoms with Crippen molar-refractivity contribution in [2.75, 3.05) is 19.4 Å². The Morgan fingerprint density at radius 2 is 1.62 bits per heavy atom. The van der Waals surface area contributed by atoms with Crippen molar-refractivity contribution in [1.82, 2.24) is 4.57 Å². The topological polar surface area (TPSA) is 66.8 Å². The molecule has 0 radical (unpaired) electrons. The van der Waals surface area contributed by atoms with E-state index in [0.29, 0.717) is 0 Å². The molecule has 0 saturated heterocycles. The van der Waals surface area contributed by atoms with Gasteiger partial charge in [-0.15, -0.1) is 0 Å². The third kappa shape index (κ3) is 8.17. The summed E-state index contributed by atoms with van der Waals surface area (Å²) in [6.07, 6.45) is 2.85. The molecule has 0 N–H and O–H groups in total. The molecule has 9 heteroatoms. The molecule has 0 aliphatic heterocycles. The lowest BCUT2D eigenvalue weighted by atomic mass is 10.0. The number of para-hydroxylation sites is 1. The van der Waals surface area contributed by atoms with E-state index >= 15 is 0 Å². The van der Waals surface area contributed by atoms with Crippen LogP contribution in [0.3, 0.4) is 0 Å². The SMILES string of the molecule is CCOP(=O)(C[C@H](CC(=O)/C=C/c1c(-c2ccc(F)cc2)c2ccccc2n1C(C)C)O[Si](C)(C)C(C)(C)C)OCC. The first kappa shape index (κ1) is 34.1. The standard InChI is InChI=1S/C33H47FNO5PSi/c1-10-38-41(37,39-11-2)23-28(40-42(8,9)33(5,6)7)22-27(36)20-21-31-32(25-16-18-26(34)19-17-25)29-14-12-13-15-30(29)35(31)24(3)4/h12-21,24,28H,10-11,22-23H2,1-9H3/b21-20+/t28-/m0/s1. The molecule has 230 valence electrons. The Labute approximate surface area is 251 Å². The summed E-state index contributed by atoms with van der Waals surface area (Å²) in [6.45, 7) is 18.8. The number of nitrogens with zero attached hydrogens (tertiary/aromatic N) is 1. The van der Waals surface area contributed by atoms with Gasteiger partial charge in [-0.3, -0.25) is 9.36 Å². The van der Waals surface area contributed by atoms with E-state index in [9.17, 15) is 13.8 Å². The second-order valence-corrected chi connectivity index (χ2v) is 19.2. The molecule has 6 nitrogen and oxygen atoms in total. The highest BCUT2D eigenvalue weighted by molar-refractivity contribution is 7.53. The molecule has 1 atom stereocenters. The van der Waals surface area contributed by atoms with Crippen molar-refractivity contribution >= 4 is 38.7 Å². The van der Waals surface area contributed by atoms with Crippen molar-refractivity contribution in [3.63, 3.8) is 0 Å². The first-order valence-electron chi connectivity index (χ1n) is 14.8. The van der Waals surface area contributed by atoms with Crippen LogP contribution >= 0.6 is 7.60 Å². The van der Waals surface area contributed by atoms with E-state index in [-0.39, 0.29) is 48.5 Å². The molecule has 42 heavy (non-hydrogen) atoms. The van der Waals surface area contributed by atoms with E-state index in [2.05, 4.69) is 58.3 Å². The van der Waals surface area contributed by atoms with Crippen LogP contribution < -0.4 is 0 Å². The Hall–Kier alpha value is -2.35.